The number of methoxy groups -OCH3 is 1. The molecule has 0 unspecified atom stereocenters. The molecule has 1 radical (unpaired) electrons. The van der Waals surface area contributed by atoms with Gasteiger partial charge in [0.25, 0.3) is 0 Å². The molecule has 1 aromatic carbocycles. The lowest BCUT2D eigenvalue weighted by molar-refractivity contribution is 0.385. The third-order valence-electron chi connectivity index (χ3n) is 0.914. The summed E-state index contributed by atoms with van der Waals surface area (Å²) < 4.78 is 23.7. The van der Waals surface area contributed by atoms with Crippen LogP contribution in [0.15, 0.2) is 18.2 Å². The van der Waals surface area contributed by atoms with Gasteiger partial charge in [0, 0.05) is 6.07 Å². The van der Waals surface area contributed by atoms with Gasteiger partial charge in [-0.2, -0.15) is 0 Å². The number of benzene rings is 1. The van der Waals surface area contributed by atoms with E-state index in [4.69, 9.17) is 1.37 Å². The van der Waals surface area contributed by atoms with Crippen LogP contribution in [-0.2, 0) is 0 Å². The predicted octanol–water partition coefficient (Wildman–Crippen LogP) is 1.63. The number of hydrogen-bond donors (Lipinski definition) is 0. The Morgan fingerprint density at radius 3 is 3.44 bits per heavy atom. The molecule has 0 saturated heterocycles. The first-order valence-electron chi connectivity index (χ1n) is 3.13. The van der Waals surface area contributed by atoms with E-state index in [0.29, 0.717) is 0 Å². The van der Waals surface area contributed by atoms with E-state index in [9.17, 15) is 4.39 Å². The van der Waals surface area contributed by atoms with E-state index >= 15 is 0 Å². The van der Waals surface area contributed by atoms with Crippen LogP contribution in [0.25, 0.3) is 0 Å². The number of halogens is 1. The number of hydrogen-bond acceptors (Lipinski definition) is 1. The van der Waals surface area contributed by atoms with Gasteiger partial charge in [0.05, 0.1) is 8.46 Å². The van der Waals surface area contributed by atoms with Crippen molar-refractivity contribution in [2.24, 2.45) is 0 Å². The van der Waals surface area contributed by atoms with E-state index in [1.165, 1.54) is 18.2 Å². The maximum absolute atomic E-state index is 12.5. The van der Waals surface area contributed by atoms with Gasteiger partial charge in [0.15, 0.2) is 11.6 Å². The number of ether oxygens (including phenoxy) is 1. The molecule has 0 fully saturated rings. The maximum Gasteiger partial charge on any atom is 0.165 e. The summed E-state index contributed by atoms with van der Waals surface area (Å²) in [5.41, 5.74) is 0. The molecule has 0 heterocycles. The molecule has 0 spiro atoms. The zero-order chi connectivity index (χ0) is 7.40. The van der Waals surface area contributed by atoms with Gasteiger partial charge in [-0.15, -0.1) is 0 Å². The molecule has 0 aliphatic heterocycles. The minimum Gasteiger partial charge on any atom is -0.493 e. The molecule has 0 aliphatic rings. The lowest BCUT2D eigenvalue weighted by Crippen LogP contribution is -1.85. The van der Waals surface area contributed by atoms with Gasteiger partial charge in [0.2, 0.25) is 0 Å². The molecular formula is C7H6FO. The van der Waals surface area contributed by atoms with Gasteiger partial charge in [-0.1, -0.05) is 12.1 Å². The van der Waals surface area contributed by atoms with Crippen LogP contribution in [0, 0.1) is 11.9 Å². The topological polar surface area (TPSA) is 9.23 Å². The first kappa shape index (κ1) is 4.79. The summed E-state index contributed by atoms with van der Waals surface area (Å²) in [4.78, 5) is 0. The van der Waals surface area contributed by atoms with Crippen LogP contribution in [0.4, 0.5) is 4.39 Å². The highest BCUT2D eigenvalue weighted by Crippen LogP contribution is 2.12. The Morgan fingerprint density at radius 1 is 1.89 bits per heavy atom. The van der Waals surface area contributed by atoms with Crippen LogP contribution >= 0.6 is 0 Å². The van der Waals surface area contributed by atoms with Crippen LogP contribution in [0.1, 0.15) is 1.37 Å². The molecular weight excluding hydrogens is 119 g/mol. The zero-order valence-electron chi connectivity index (χ0n) is 5.73. The fraction of sp³-hybridized carbons (Fsp3) is 0.143. The van der Waals surface area contributed by atoms with Crippen molar-refractivity contribution < 1.29 is 10.5 Å². The van der Waals surface area contributed by atoms with Crippen LogP contribution < -0.4 is 4.74 Å². The van der Waals surface area contributed by atoms with Crippen molar-refractivity contribution >= 4 is 0 Å². The third kappa shape index (κ3) is 1.19. The van der Waals surface area contributed by atoms with Crippen molar-refractivity contribution in [2.75, 3.05) is 7.09 Å². The molecule has 47 valence electrons. The number of para-hydroxylation sites is 1. The average molecular weight is 126 g/mol. The molecule has 1 rings (SSSR count). The molecule has 2 heteroatoms. The standard InChI is InChI=1S/C7H6FO/c1-9-7-5-3-2-4-6(7)8/h2-4H,1H3/i1D. The van der Waals surface area contributed by atoms with E-state index in [1.807, 2.05) is 0 Å². The molecule has 0 N–H and O–H groups in total. The number of rotatable bonds is 1. The predicted molar refractivity (Wildman–Crippen MR) is 31.8 cm³/mol. The summed E-state index contributed by atoms with van der Waals surface area (Å²) in [5, 5.41) is 0. The molecule has 0 bridgehead atoms. The lowest BCUT2D eigenvalue weighted by atomic mass is 10.3. The Labute approximate surface area is 54.5 Å². The second-order valence-electron chi connectivity index (χ2n) is 1.49. The second kappa shape index (κ2) is 2.49. The van der Waals surface area contributed by atoms with Gasteiger partial charge in [-0.05, 0) is 6.07 Å². The second-order valence-corrected chi connectivity index (χ2v) is 1.49. The van der Waals surface area contributed by atoms with Gasteiger partial charge in [-0.3, -0.25) is 0 Å². The molecule has 1 nitrogen and oxygen atoms in total. The minimum absolute atomic E-state index is 0.0116. The van der Waals surface area contributed by atoms with E-state index < -0.39 is 5.82 Å². The normalized spacial score (nSPS) is 10.6. The third-order valence-corrected chi connectivity index (χ3v) is 0.914. The van der Waals surface area contributed by atoms with Gasteiger partial charge >= 0.3 is 0 Å². The first-order chi connectivity index (χ1) is 4.84. The van der Waals surface area contributed by atoms with Crippen molar-refractivity contribution in [1.82, 2.24) is 0 Å². The molecule has 9 heavy (non-hydrogen) atoms. The van der Waals surface area contributed by atoms with Gasteiger partial charge < -0.3 is 4.74 Å². The van der Waals surface area contributed by atoms with Crippen molar-refractivity contribution in [2.45, 2.75) is 0 Å². The fourth-order valence-corrected chi connectivity index (χ4v) is 0.512. The van der Waals surface area contributed by atoms with E-state index in [1.54, 1.807) is 0 Å². The summed E-state index contributed by atoms with van der Waals surface area (Å²) in [6.45, 7) is 0. The largest absolute Gasteiger partial charge is 0.493 e. The SMILES string of the molecule is [2H]COc1[c]cccc1F. The van der Waals surface area contributed by atoms with E-state index in [0.717, 1.165) is 0 Å². The quantitative estimate of drug-likeness (QED) is 0.555. The fourth-order valence-electron chi connectivity index (χ4n) is 0.512. The van der Waals surface area contributed by atoms with E-state index in [-0.39, 0.29) is 12.8 Å². The highest BCUT2D eigenvalue weighted by molar-refractivity contribution is 5.21. The van der Waals surface area contributed by atoms with Gasteiger partial charge in [-0.25, -0.2) is 4.39 Å². The lowest BCUT2D eigenvalue weighted by Gasteiger charge is -1.96. The summed E-state index contributed by atoms with van der Waals surface area (Å²) in [5.74, 6) is -0.466. The molecule has 0 aliphatic carbocycles. The average Bonchev–Trinajstić information content (AvgIpc) is 1.94. The van der Waals surface area contributed by atoms with Crippen molar-refractivity contribution in [3.8, 4) is 5.75 Å². The maximum atomic E-state index is 12.5. The van der Waals surface area contributed by atoms with E-state index in [2.05, 4.69) is 10.8 Å². The first-order valence-corrected chi connectivity index (χ1v) is 2.43. The smallest absolute Gasteiger partial charge is 0.165 e. The summed E-state index contributed by atoms with van der Waals surface area (Å²) in [6.07, 6.45) is 0. The Hall–Kier alpha value is -1.05. The monoisotopic (exact) mass is 126 g/mol. The van der Waals surface area contributed by atoms with Crippen LogP contribution in [-0.4, -0.2) is 7.09 Å². The zero-order valence-corrected chi connectivity index (χ0v) is 4.73. The van der Waals surface area contributed by atoms with Crippen LogP contribution in [0.2, 0.25) is 0 Å². The minimum atomic E-state index is -0.477. The highest BCUT2D eigenvalue weighted by atomic mass is 19.1. The van der Waals surface area contributed by atoms with Crippen LogP contribution in [0.3, 0.4) is 0 Å². The molecule has 0 aromatic heterocycles. The van der Waals surface area contributed by atoms with Gasteiger partial charge in [0.1, 0.15) is 0 Å². The highest BCUT2D eigenvalue weighted by Gasteiger charge is 1.96. The Bertz CT molecular complexity index is 215. The van der Waals surface area contributed by atoms with Crippen molar-refractivity contribution in [3.63, 3.8) is 0 Å². The van der Waals surface area contributed by atoms with Crippen molar-refractivity contribution in [3.05, 3.63) is 30.1 Å². The molecule has 0 saturated carbocycles. The van der Waals surface area contributed by atoms with Crippen LogP contribution in [0.5, 0.6) is 5.75 Å². The summed E-state index contributed by atoms with van der Waals surface area (Å²) >= 11 is 0. The molecule has 0 amide bonds. The Balaban J connectivity index is 2.81. The Morgan fingerprint density at radius 2 is 2.78 bits per heavy atom. The van der Waals surface area contributed by atoms with Crippen molar-refractivity contribution in [1.29, 1.82) is 0 Å². The summed E-state index contributed by atoms with van der Waals surface area (Å²) in [7, 11) is -0.280. The molecule has 1 aromatic rings. The summed E-state index contributed by atoms with van der Waals surface area (Å²) in [6, 6.07) is 6.84. The molecule has 0 atom stereocenters. The Kier molecular flexibility index (Phi) is 1.32.